The molecule has 0 unspecified atom stereocenters. The highest BCUT2D eigenvalue weighted by atomic mass is 16.5. The Morgan fingerprint density at radius 2 is 1.85 bits per heavy atom. The number of fused-ring (bicyclic) bond motifs is 1. The number of benzene rings is 2. The van der Waals surface area contributed by atoms with Crippen LogP contribution in [0.5, 0.6) is 11.5 Å². The van der Waals surface area contributed by atoms with E-state index in [0.717, 1.165) is 34.9 Å². The molecule has 216 valence electrons. The topological polar surface area (TPSA) is 97.8 Å². The molecule has 0 saturated heterocycles. The van der Waals surface area contributed by atoms with Gasteiger partial charge in [-0.1, -0.05) is 13.5 Å². The summed E-state index contributed by atoms with van der Waals surface area (Å²) >= 11 is 0. The number of hydrogen-bond acceptors (Lipinski definition) is 10. The maximum atomic E-state index is 6.27. The van der Waals surface area contributed by atoms with Gasteiger partial charge in [0, 0.05) is 45.2 Å². The van der Waals surface area contributed by atoms with Gasteiger partial charge in [-0.3, -0.25) is 0 Å². The summed E-state index contributed by atoms with van der Waals surface area (Å²) in [7, 11) is 3.67. The van der Waals surface area contributed by atoms with E-state index in [9.17, 15) is 0 Å². The number of rotatable bonds is 15. The van der Waals surface area contributed by atoms with Crippen LogP contribution in [0.4, 0.5) is 23.1 Å². The fourth-order valence-electron chi connectivity index (χ4n) is 4.38. The molecule has 2 aromatic carbocycles. The van der Waals surface area contributed by atoms with Crippen molar-refractivity contribution in [2.45, 2.75) is 27.2 Å². The van der Waals surface area contributed by atoms with Crippen molar-refractivity contribution in [2.24, 2.45) is 0 Å². The molecule has 10 nitrogen and oxygen atoms in total. The molecule has 0 amide bonds. The first-order valence-corrected chi connectivity index (χ1v) is 13.8. The SMILES string of the molecule is C=CN(C)c1ccc(Oc2ccc(Nc3ncnc4cnc(N(CCOC)CCOCC)nc34)cc2C)cc1CC. The number of hydrogen-bond donors (Lipinski definition) is 1. The molecular formula is C31H39N7O3. The highest BCUT2D eigenvalue weighted by Crippen LogP contribution is 2.32. The van der Waals surface area contributed by atoms with E-state index in [-0.39, 0.29) is 0 Å². The number of ether oxygens (including phenoxy) is 3. The normalized spacial score (nSPS) is 11.0. The molecule has 2 heterocycles. The average molecular weight is 558 g/mol. The lowest BCUT2D eigenvalue weighted by Gasteiger charge is -2.22. The van der Waals surface area contributed by atoms with Crippen LogP contribution in [0.2, 0.25) is 0 Å². The quantitative estimate of drug-likeness (QED) is 0.178. The predicted octanol–water partition coefficient (Wildman–Crippen LogP) is 5.90. The monoisotopic (exact) mass is 557 g/mol. The number of anilines is 4. The molecule has 0 fully saturated rings. The summed E-state index contributed by atoms with van der Waals surface area (Å²) in [5, 5.41) is 3.41. The van der Waals surface area contributed by atoms with Crippen LogP contribution in [0.3, 0.4) is 0 Å². The van der Waals surface area contributed by atoms with Crippen molar-refractivity contribution in [1.29, 1.82) is 0 Å². The van der Waals surface area contributed by atoms with Crippen LogP contribution >= 0.6 is 0 Å². The molecule has 10 heteroatoms. The van der Waals surface area contributed by atoms with E-state index in [1.54, 1.807) is 19.5 Å². The Morgan fingerprint density at radius 3 is 2.59 bits per heavy atom. The van der Waals surface area contributed by atoms with Gasteiger partial charge in [-0.05, 0) is 74.0 Å². The second kappa shape index (κ2) is 14.4. The van der Waals surface area contributed by atoms with Crippen molar-refractivity contribution < 1.29 is 14.2 Å². The van der Waals surface area contributed by atoms with Crippen LogP contribution in [0.15, 0.2) is 61.7 Å². The Bertz CT molecular complexity index is 1460. The van der Waals surface area contributed by atoms with Gasteiger partial charge in [-0.15, -0.1) is 0 Å². The van der Waals surface area contributed by atoms with Gasteiger partial charge in [-0.25, -0.2) is 19.9 Å². The molecule has 4 aromatic rings. The van der Waals surface area contributed by atoms with E-state index in [1.807, 2.05) is 55.0 Å². The summed E-state index contributed by atoms with van der Waals surface area (Å²) in [6.07, 6.45) is 5.92. The van der Waals surface area contributed by atoms with E-state index in [4.69, 9.17) is 19.2 Å². The molecule has 41 heavy (non-hydrogen) atoms. The maximum absolute atomic E-state index is 6.27. The van der Waals surface area contributed by atoms with Gasteiger partial charge in [-0.2, -0.15) is 0 Å². The molecular weight excluding hydrogens is 518 g/mol. The standard InChI is InChI=1S/C31H39N7O3/c1-7-23-19-25(11-12-27(23)37(5)8-2)41-28-13-10-24(18-22(28)4)35-30-29-26(33-21-34-30)20-32-31(36-29)38(14-16-39-6)15-17-40-9-3/h8,10-13,18-21H,2,7,9,14-17H2,1,3-6H3,(H,33,34,35). The molecule has 0 saturated carbocycles. The molecule has 2 aromatic heterocycles. The molecule has 0 atom stereocenters. The lowest BCUT2D eigenvalue weighted by atomic mass is 10.1. The van der Waals surface area contributed by atoms with Crippen molar-refractivity contribution in [2.75, 3.05) is 62.2 Å². The van der Waals surface area contributed by atoms with Gasteiger partial charge in [0.15, 0.2) is 5.82 Å². The van der Waals surface area contributed by atoms with E-state index in [0.29, 0.717) is 55.7 Å². The number of aromatic nitrogens is 4. The van der Waals surface area contributed by atoms with Crippen LogP contribution in [0, 0.1) is 6.92 Å². The first kappa shape index (κ1) is 29.7. The third-order valence-corrected chi connectivity index (χ3v) is 6.67. The van der Waals surface area contributed by atoms with E-state index < -0.39 is 0 Å². The van der Waals surface area contributed by atoms with Crippen LogP contribution < -0.4 is 19.9 Å². The largest absolute Gasteiger partial charge is 0.457 e. The highest BCUT2D eigenvalue weighted by molar-refractivity contribution is 5.87. The highest BCUT2D eigenvalue weighted by Gasteiger charge is 2.14. The molecule has 0 spiro atoms. The summed E-state index contributed by atoms with van der Waals surface area (Å²) in [6.45, 7) is 13.1. The van der Waals surface area contributed by atoms with Crippen LogP contribution in [0.25, 0.3) is 11.0 Å². The van der Waals surface area contributed by atoms with Gasteiger partial charge >= 0.3 is 0 Å². The van der Waals surface area contributed by atoms with Gasteiger partial charge < -0.3 is 29.3 Å². The molecule has 4 rings (SSSR count). The first-order valence-electron chi connectivity index (χ1n) is 13.8. The van der Waals surface area contributed by atoms with Crippen molar-refractivity contribution in [3.63, 3.8) is 0 Å². The van der Waals surface area contributed by atoms with Crippen molar-refractivity contribution >= 4 is 34.2 Å². The Kier molecular flexibility index (Phi) is 10.4. The van der Waals surface area contributed by atoms with Crippen molar-refractivity contribution in [3.8, 4) is 11.5 Å². The lowest BCUT2D eigenvalue weighted by molar-refractivity contribution is 0.150. The zero-order valence-electron chi connectivity index (χ0n) is 24.6. The number of nitrogens with zero attached hydrogens (tertiary/aromatic N) is 6. The van der Waals surface area contributed by atoms with Gasteiger partial charge in [0.1, 0.15) is 28.9 Å². The Hall–Kier alpha value is -4.28. The number of methoxy groups -OCH3 is 1. The second-order valence-corrected chi connectivity index (χ2v) is 9.45. The molecule has 0 radical (unpaired) electrons. The van der Waals surface area contributed by atoms with Crippen LogP contribution in [0.1, 0.15) is 25.0 Å². The summed E-state index contributed by atoms with van der Waals surface area (Å²) in [5.74, 6) is 2.74. The molecule has 0 bridgehead atoms. The lowest BCUT2D eigenvalue weighted by Crippen LogP contribution is -2.32. The molecule has 0 aliphatic heterocycles. The number of nitrogens with one attached hydrogen (secondary N) is 1. The Balaban J connectivity index is 1.55. The minimum absolute atomic E-state index is 0.549. The zero-order valence-corrected chi connectivity index (χ0v) is 24.6. The van der Waals surface area contributed by atoms with Gasteiger partial charge in [0.2, 0.25) is 5.95 Å². The van der Waals surface area contributed by atoms with Crippen molar-refractivity contribution in [1.82, 2.24) is 19.9 Å². The zero-order chi connectivity index (χ0) is 29.2. The van der Waals surface area contributed by atoms with E-state index >= 15 is 0 Å². The molecule has 1 N–H and O–H groups in total. The van der Waals surface area contributed by atoms with E-state index in [2.05, 4.69) is 45.9 Å². The average Bonchev–Trinajstić information content (AvgIpc) is 2.99. The molecule has 0 aliphatic carbocycles. The predicted molar refractivity (Wildman–Crippen MR) is 165 cm³/mol. The van der Waals surface area contributed by atoms with Crippen molar-refractivity contribution in [3.05, 3.63) is 72.8 Å². The number of aryl methyl sites for hydroxylation is 2. The second-order valence-electron chi connectivity index (χ2n) is 9.45. The smallest absolute Gasteiger partial charge is 0.226 e. The van der Waals surface area contributed by atoms with Crippen LogP contribution in [-0.2, 0) is 15.9 Å². The summed E-state index contributed by atoms with van der Waals surface area (Å²) in [6, 6.07) is 12.1. The fraction of sp³-hybridized carbons (Fsp3) is 0.355. The Labute approximate surface area is 242 Å². The van der Waals surface area contributed by atoms with Gasteiger partial charge in [0.25, 0.3) is 0 Å². The molecule has 0 aliphatic rings. The van der Waals surface area contributed by atoms with E-state index in [1.165, 1.54) is 11.9 Å². The third kappa shape index (κ3) is 7.47. The summed E-state index contributed by atoms with van der Waals surface area (Å²) < 4.78 is 17.1. The first-order chi connectivity index (χ1) is 20.0. The third-order valence-electron chi connectivity index (χ3n) is 6.67. The summed E-state index contributed by atoms with van der Waals surface area (Å²) in [4.78, 5) is 22.3. The minimum Gasteiger partial charge on any atom is -0.457 e. The minimum atomic E-state index is 0.549. The fourth-order valence-corrected chi connectivity index (χ4v) is 4.38. The Morgan fingerprint density at radius 1 is 1.02 bits per heavy atom. The maximum Gasteiger partial charge on any atom is 0.226 e. The van der Waals surface area contributed by atoms with Gasteiger partial charge in [0.05, 0.1) is 19.4 Å². The summed E-state index contributed by atoms with van der Waals surface area (Å²) in [5.41, 5.74) is 5.43. The van der Waals surface area contributed by atoms with Crippen LogP contribution in [-0.4, -0.2) is 67.0 Å².